The van der Waals surface area contributed by atoms with Gasteiger partial charge in [0.15, 0.2) is 6.10 Å². The van der Waals surface area contributed by atoms with E-state index in [-0.39, 0.29) is 6.61 Å². The van der Waals surface area contributed by atoms with Gasteiger partial charge in [-0.15, -0.1) is 0 Å². The van der Waals surface area contributed by atoms with E-state index in [0.717, 1.165) is 24.2 Å². The third-order valence-electron chi connectivity index (χ3n) is 2.73. The number of hydrogen-bond acceptors (Lipinski definition) is 4. The molecule has 0 amide bonds. The fourth-order valence-corrected chi connectivity index (χ4v) is 1.61. The van der Waals surface area contributed by atoms with Crippen LogP contribution in [0.1, 0.15) is 18.4 Å². The lowest BCUT2D eigenvalue weighted by atomic mass is 10.1. The Kier molecular flexibility index (Phi) is 6.92. The van der Waals surface area contributed by atoms with E-state index < -0.39 is 12.1 Å². The molecule has 0 spiro atoms. The minimum absolute atomic E-state index is 0.176. The van der Waals surface area contributed by atoms with Gasteiger partial charge in [0.25, 0.3) is 0 Å². The van der Waals surface area contributed by atoms with Crippen molar-refractivity contribution in [1.82, 2.24) is 0 Å². The number of aliphatic carboxylic acids is 1. The zero-order valence-corrected chi connectivity index (χ0v) is 11.0. The largest absolute Gasteiger partial charge is 0.494 e. The molecule has 0 radical (unpaired) electrons. The van der Waals surface area contributed by atoms with Gasteiger partial charge in [0.05, 0.1) is 6.61 Å². The molecule has 0 fully saturated rings. The van der Waals surface area contributed by atoms with E-state index >= 15 is 0 Å². The zero-order valence-electron chi connectivity index (χ0n) is 11.0. The summed E-state index contributed by atoms with van der Waals surface area (Å²) in [5, 5.41) is 17.5. The quantitative estimate of drug-likeness (QED) is 0.663. The van der Waals surface area contributed by atoms with Crippen molar-refractivity contribution in [2.45, 2.75) is 25.4 Å². The van der Waals surface area contributed by atoms with Crippen LogP contribution in [0.5, 0.6) is 5.75 Å². The normalized spacial score (nSPS) is 12.1. The maximum atomic E-state index is 10.8. The van der Waals surface area contributed by atoms with Crippen molar-refractivity contribution in [2.24, 2.45) is 0 Å². The van der Waals surface area contributed by atoms with E-state index in [1.165, 1.54) is 7.11 Å². The van der Waals surface area contributed by atoms with Crippen LogP contribution in [0.15, 0.2) is 24.3 Å². The molecule has 0 aliphatic carbocycles. The SMILES string of the molecule is CO[C@@H](Cc1ccc(OCCCCO)cc1)C(=O)O. The van der Waals surface area contributed by atoms with Crippen molar-refractivity contribution in [1.29, 1.82) is 0 Å². The van der Waals surface area contributed by atoms with Crippen LogP contribution in [0.2, 0.25) is 0 Å². The van der Waals surface area contributed by atoms with Gasteiger partial charge in [-0.25, -0.2) is 4.79 Å². The summed E-state index contributed by atoms with van der Waals surface area (Å²) >= 11 is 0. The Morgan fingerprint density at radius 2 is 1.95 bits per heavy atom. The molecule has 0 saturated carbocycles. The van der Waals surface area contributed by atoms with Crippen LogP contribution in [0.3, 0.4) is 0 Å². The molecule has 1 aromatic rings. The van der Waals surface area contributed by atoms with Crippen molar-refractivity contribution in [3.63, 3.8) is 0 Å². The fourth-order valence-electron chi connectivity index (χ4n) is 1.61. The number of aliphatic hydroxyl groups is 1. The van der Waals surface area contributed by atoms with Gasteiger partial charge >= 0.3 is 5.97 Å². The van der Waals surface area contributed by atoms with E-state index in [1.54, 1.807) is 0 Å². The smallest absolute Gasteiger partial charge is 0.333 e. The topological polar surface area (TPSA) is 76.0 Å². The average molecular weight is 268 g/mol. The number of aliphatic hydroxyl groups excluding tert-OH is 1. The molecule has 1 aromatic carbocycles. The standard InChI is InChI=1S/C14H20O5/c1-18-13(14(16)17)10-11-4-6-12(7-5-11)19-9-3-2-8-15/h4-7,13,15H,2-3,8-10H2,1H3,(H,16,17)/t13-/m0/s1. The van der Waals surface area contributed by atoms with Gasteiger partial charge in [-0.2, -0.15) is 0 Å². The minimum Gasteiger partial charge on any atom is -0.494 e. The second kappa shape index (κ2) is 8.50. The molecular formula is C14H20O5. The molecule has 0 heterocycles. The summed E-state index contributed by atoms with van der Waals surface area (Å²) < 4.78 is 10.4. The molecule has 5 nitrogen and oxygen atoms in total. The van der Waals surface area contributed by atoms with Crippen LogP contribution in [0, 0.1) is 0 Å². The third kappa shape index (κ3) is 5.72. The summed E-state index contributed by atoms with van der Waals surface area (Å²) in [5.74, 6) is -0.224. The van der Waals surface area contributed by atoms with E-state index in [1.807, 2.05) is 24.3 Å². The third-order valence-corrected chi connectivity index (χ3v) is 2.73. The zero-order chi connectivity index (χ0) is 14.1. The molecule has 0 saturated heterocycles. The van der Waals surface area contributed by atoms with E-state index in [4.69, 9.17) is 19.7 Å². The second-order valence-corrected chi connectivity index (χ2v) is 4.19. The summed E-state index contributed by atoms with van der Waals surface area (Å²) in [6, 6.07) is 7.28. The van der Waals surface area contributed by atoms with E-state index in [9.17, 15) is 4.79 Å². The number of unbranched alkanes of at least 4 members (excludes halogenated alkanes) is 1. The van der Waals surface area contributed by atoms with Crippen molar-refractivity contribution in [3.05, 3.63) is 29.8 Å². The van der Waals surface area contributed by atoms with Gasteiger partial charge in [-0.1, -0.05) is 12.1 Å². The van der Waals surface area contributed by atoms with Crippen LogP contribution < -0.4 is 4.74 Å². The van der Waals surface area contributed by atoms with Crippen LogP contribution in [-0.2, 0) is 16.0 Å². The molecular weight excluding hydrogens is 248 g/mol. The molecule has 19 heavy (non-hydrogen) atoms. The van der Waals surface area contributed by atoms with E-state index in [2.05, 4.69) is 0 Å². The highest BCUT2D eigenvalue weighted by molar-refractivity contribution is 5.72. The Balaban J connectivity index is 2.44. The van der Waals surface area contributed by atoms with Gasteiger partial charge in [0, 0.05) is 20.1 Å². The number of hydrogen-bond donors (Lipinski definition) is 2. The highest BCUT2D eigenvalue weighted by atomic mass is 16.5. The molecule has 0 aliphatic heterocycles. The molecule has 2 N–H and O–H groups in total. The van der Waals surface area contributed by atoms with Crippen LogP contribution in [-0.4, -0.2) is 42.6 Å². The predicted octanol–water partition coefficient (Wildman–Crippen LogP) is 1.48. The molecule has 1 atom stereocenters. The monoisotopic (exact) mass is 268 g/mol. The first-order valence-corrected chi connectivity index (χ1v) is 6.25. The number of carbonyl (C=O) groups is 1. The van der Waals surface area contributed by atoms with Gasteiger partial charge in [-0.3, -0.25) is 0 Å². The molecule has 0 aliphatic rings. The number of methoxy groups -OCH3 is 1. The van der Waals surface area contributed by atoms with Gasteiger partial charge < -0.3 is 19.7 Å². The lowest BCUT2D eigenvalue weighted by molar-refractivity contribution is -0.148. The first-order chi connectivity index (χ1) is 9.17. The molecule has 0 aromatic heterocycles. The number of rotatable bonds is 9. The van der Waals surface area contributed by atoms with Crippen LogP contribution >= 0.6 is 0 Å². The van der Waals surface area contributed by atoms with Crippen molar-refractivity contribution in [2.75, 3.05) is 20.3 Å². The average Bonchev–Trinajstić information content (AvgIpc) is 2.42. The maximum absolute atomic E-state index is 10.8. The number of carboxylic acids is 1. The molecule has 0 unspecified atom stereocenters. The Morgan fingerprint density at radius 3 is 2.47 bits per heavy atom. The first kappa shape index (κ1) is 15.5. The summed E-state index contributed by atoms with van der Waals surface area (Å²) in [5.41, 5.74) is 0.886. The second-order valence-electron chi connectivity index (χ2n) is 4.19. The van der Waals surface area contributed by atoms with Crippen molar-refractivity contribution in [3.8, 4) is 5.75 Å². The predicted molar refractivity (Wildman–Crippen MR) is 70.4 cm³/mol. The Labute approximate surface area is 112 Å². The molecule has 1 rings (SSSR count). The first-order valence-electron chi connectivity index (χ1n) is 6.25. The van der Waals surface area contributed by atoms with Gasteiger partial charge in [0.2, 0.25) is 0 Å². The number of ether oxygens (including phenoxy) is 2. The lowest BCUT2D eigenvalue weighted by Gasteiger charge is -2.11. The number of carboxylic acid groups (broad SMARTS) is 1. The van der Waals surface area contributed by atoms with Crippen molar-refractivity contribution >= 4 is 5.97 Å². The number of benzene rings is 1. The van der Waals surface area contributed by atoms with Crippen molar-refractivity contribution < 1.29 is 24.5 Å². The van der Waals surface area contributed by atoms with Crippen LogP contribution in [0.4, 0.5) is 0 Å². The summed E-state index contributed by atoms with van der Waals surface area (Å²) in [6.45, 7) is 0.742. The molecule has 106 valence electrons. The maximum Gasteiger partial charge on any atom is 0.333 e. The highest BCUT2D eigenvalue weighted by Gasteiger charge is 2.16. The summed E-state index contributed by atoms with van der Waals surface area (Å²) in [4.78, 5) is 10.8. The minimum atomic E-state index is -0.966. The van der Waals surface area contributed by atoms with Gasteiger partial charge in [-0.05, 0) is 30.5 Å². The van der Waals surface area contributed by atoms with Gasteiger partial charge in [0.1, 0.15) is 5.75 Å². The Morgan fingerprint density at radius 1 is 1.26 bits per heavy atom. The Bertz CT molecular complexity index is 374. The summed E-state index contributed by atoms with van der Waals surface area (Å²) in [7, 11) is 1.39. The highest BCUT2D eigenvalue weighted by Crippen LogP contribution is 2.14. The lowest BCUT2D eigenvalue weighted by Crippen LogP contribution is -2.24. The van der Waals surface area contributed by atoms with E-state index in [0.29, 0.717) is 13.0 Å². The molecule has 5 heteroatoms. The molecule has 0 bridgehead atoms. The van der Waals surface area contributed by atoms with Crippen LogP contribution in [0.25, 0.3) is 0 Å². The Hall–Kier alpha value is -1.59. The summed E-state index contributed by atoms with van der Waals surface area (Å²) in [6.07, 6.45) is 1.04. The fraction of sp³-hybridized carbons (Fsp3) is 0.500.